The van der Waals surface area contributed by atoms with Crippen molar-refractivity contribution in [3.05, 3.63) is 34.9 Å². The summed E-state index contributed by atoms with van der Waals surface area (Å²) in [6.07, 6.45) is 4.74. The Balaban J connectivity index is 2.43. The Morgan fingerprint density at radius 1 is 1.33 bits per heavy atom. The van der Waals surface area contributed by atoms with Gasteiger partial charge in [0.05, 0.1) is 5.92 Å². The Hall–Kier alpha value is -1.31. The number of carbonyl (C=O) groups excluding carboxylic acids is 1. The highest BCUT2D eigenvalue weighted by Crippen LogP contribution is 2.28. The highest BCUT2D eigenvalue weighted by atomic mass is 16.1. The molecule has 1 atom stereocenters. The first kappa shape index (κ1) is 10.2. The number of aryl methyl sites for hydroxylation is 1. The summed E-state index contributed by atoms with van der Waals surface area (Å²) in [7, 11) is 0. The highest BCUT2D eigenvalue weighted by molar-refractivity contribution is 5.82. The average molecular weight is 203 g/mol. The number of fused-ring (bicyclic) bond motifs is 1. The molecule has 2 N–H and O–H groups in total. The van der Waals surface area contributed by atoms with Gasteiger partial charge in [0.15, 0.2) is 0 Å². The van der Waals surface area contributed by atoms with Crippen LogP contribution in [0.1, 0.15) is 42.4 Å². The molecule has 80 valence electrons. The van der Waals surface area contributed by atoms with Crippen LogP contribution in [0.4, 0.5) is 0 Å². The van der Waals surface area contributed by atoms with Gasteiger partial charge < -0.3 is 5.73 Å². The standard InChI is InChI=1S/C13H17NO/c1-9(13(14)15)11-8-4-6-10-5-2-3-7-12(10)11/h4,6,8-9H,2-3,5,7H2,1H3,(H2,14,15). The van der Waals surface area contributed by atoms with E-state index >= 15 is 0 Å². The molecular formula is C13H17NO. The normalized spacial score (nSPS) is 16.9. The molecule has 2 heteroatoms. The van der Waals surface area contributed by atoms with Gasteiger partial charge in [0.25, 0.3) is 0 Å². The van der Waals surface area contributed by atoms with Gasteiger partial charge in [-0.1, -0.05) is 18.2 Å². The van der Waals surface area contributed by atoms with Gasteiger partial charge >= 0.3 is 0 Å². The van der Waals surface area contributed by atoms with E-state index in [-0.39, 0.29) is 11.8 Å². The Morgan fingerprint density at radius 3 is 2.80 bits per heavy atom. The molecule has 0 saturated heterocycles. The molecule has 1 aromatic carbocycles. The Labute approximate surface area is 90.5 Å². The summed E-state index contributed by atoms with van der Waals surface area (Å²) >= 11 is 0. The molecule has 1 amide bonds. The van der Waals surface area contributed by atoms with Gasteiger partial charge in [-0.3, -0.25) is 4.79 Å². The van der Waals surface area contributed by atoms with Crippen LogP contribution in [-0.4, -0.2) is 5.91 Å². The maximum absolute atomic E-state index is 11.2. The van der Waals surface area contributed by atoms with Crippen molar-refractivity contribution in [1.29, 1.82) is 0 Å². The summed E-state index contributed by atoms with van der Waals surface area (Å²) in [6, 6.07) is 6.25. The van der Waals surface area contributed by atoms with Crippen molar-refractivity contribution in [2.45, 2.75) is 38.5 Å². The minimum Gasteiger partial charge on any atom is -0.369 e. The molecule has 0 fully saturated rings. The Morgan fingerprint density at radius 2 is 2.07 bits per heavy atom. The number of benzene rings is 1. The van der Waals surface area contributed by atoms with Gasteiger partial charge in [-0.2, -0.15) is 0 Å². The lowest BCUT2D eigenvalue weighted by molar-refractivity contribution is -0.119. The third-order valence-corrected chi connectivity index (χ3v) is 3.33. The lowest BCUT2D eigenvalue weighted by Crippen LogP contribution is -2.21. The zero-order valence-electron chi connectivity index (χ0n) is 9.12. The fourth-order valence-electron chi connectivity index (χ4n) is 2.37. The first-order valence-corrected chi connectivity index (χ1v) is 5.60. The maximum Gasteiger partial charge on any atom is 0.224 e. The number of rotatable bonds is 2. The van der Waals surface area contributed by atoms with Crippen LogP contribution in [0.2, 0.25) is 0 Å². The van der Waals surface area contributed by atoms with Crippen molar-refractivity contribution < 1.29 is 4.79 Å². The van der Waals surface area contributed by atoms with Crippen LogP contribution in [0, 0.1) is 0 Å². The van der Waals surface area contributed by atoms with Gasteiger partial charge in [0, 0.05) is 0 Å². The van der Waals surface area contributed by atoms with Gasteiger partial charge in [-0.25, -0.2) is 0 Å². The molecule has 0 bridgehead atoms. The second-order valence-electron chi connectivity index (χ2n) is 4.32. The summed E-state index contributed by atoms with van der Waals surface area (Å²) in [4.78, 5) is 11.2. The van der Waals surface area contributed by atoms with E-state index in [0.717, 1.165) is 18.4 Å². The molecular weight excluding hydrogens is 186 g/mol. The first-order chi connectivity index (χ1) is 7.20. The van der Waals surface area contributed by atoms with E-state index in [2.05, 4.69) is 6.07 Å². The minimum absolute atomic E-state index is 0.155. The fraction of sp³-hybridized carbons (Fsp3) is 0.462. The predicted molar refractivity (Wildman–Crippen MR) is 60.7 cm³/mol. The molecule has 1 aliphatic carbocycles. The van der Waals surface area contributed by atoms with E-state index in [1.807, 2.05) is 19.1 Å². The predicted octanol–water partition coefficient (Wildman–Crippen LogP) is 2.15. The lowest BCUT2D eigenvalue weighted by Gasteiger charge is -2.21. The van der Waals surface area contributed by atoms with Crippen molar-refractivity contribution in [1.82, 2.24) is 0 Å². The molecule has 2 rings (SSSR count). The number of nitrogens with two attached hydrogens (primary N) is 1. The van der Waals surface area contributed by atoms with E-state index in [9.17, 15) is 4.79 Å². The number of hydrogen-bond acceptors (Lipinski definition) is 1. The molecule has 0 aromatic heterocycles. The van der Waals surface area contributed by atoms with Gasteiger partial charge in [-0.05, 0) is 49.3 Å². The molecule has 0 heterocycles. The van der Waals surface area contributed by atoms with Crippen LogP contribution >= 0.6 is 0 Å². The molecule has 0 saturated carbocycles. The lowest BCUT2D eigenvalue weighted by atomic mass is 9.84. The highest BCUT2D eigenvalue weighted by Gasteiger charge is 2.19. The average Bonchev–Trinajstić information content (AvgIpc) is 2.27. The van der Waals surface area contributed by atoms with E-state index in [0.29, 0.717) is 0 Å². The third kappa shape index (κ3) is 1.89. The zero-order chi connectivity index (χ0) is 10.8. The number of amides is 1. The van der Waals surface area contributed by atoms with E-state index < -0.39 is 0 Å². The van der Waals surface area contributed by atoms with Crippen LogP contribution < -0.4 is 5.73 Å². The Bertz CT molecular complexity index is 384. The minimum atomic E-state index is -0.228. The van der Waals surface area contributed by atoms with Crippen LogP contribution in [0.3, 0.4) is 0 Å². The van der Waals surface area contributed by atoms with Crippen molar-refractivity contribution in [2.75, 3.05) is 0 Å². The molecule has 1 aromatic rings. The number of hydrogen-bond donors (Lipinski definition) is 1. The number of carbonyl (C=O) groups is 1. The monoisotopic (exact) mass is 203 g/mol. The second-order valence-corrected chi connectivity index (χ2v) is 4.32. The molecule has 15 heavy (non-hydrogen) atoms. The Kier molecular flexibility index (Phi) is 2.76. The summed E-state index contributed by atoms with van der Waals surface area (Å²) < 4.78 is 0. The van der Waals surface area contributed by atoms with Crippen molar-refractivity contribution >= 4 is 5.91 Å². The van der Waals surface area contributed by atoms with Crippen molar-refractivity contribution in [3.8, 4) is 0 Å². The second kappa shape index (κ2) is 4.05. The van der Waals surface area contributed by atoms with E-state index in [1.54, 1.807) is 0 Å². The zero-order valence-corrected chi connectivity index (χ0v) is 9.12. The van der Waals surface area contributed by atoms with Crippen molar-refractivity contribution in [2.24, 2.45) is 5.73 Å². The van der Waals surface area contributed by atoms with Crippen molar-refractivity contribution in [3.63, 3.8) is 0 Å². The number of primary amides is 1. The van der Waals surface area contributed by atoms with Crippen LogP contribution in [0.25, 0.3) is 0 Å². The topological polar surface area (TPSA) is 43.1 Å². The third-order valence-electron chi connectivity index (χ3n) is 3.33. The smallest absolute Gasteiger partial charge is 0.224 e. The molecule has 0 aliphatic heterocycles. The first-order valence-electron chi connectivity index (χ1n) is 5.60. The van der Waals surface area contributed by atoms with Gasteiger partial charge in [-0.15, -0.1) is 0 Å². The molecule has 1 unspecified atom stereocenters. The molecule has 2 nitrogen and oxygen atoms in total. The van der Waals surface area contributed by atoms with Gasteiger partial charge in [0.2, 0.25) is 5.91 Å². The summed E-state index contributed by atoms with van der Waals surface area (Å²) in [5.74, 6) is -0.382. The summed E-state index contributed by atoms with van der Waals surface area (Å²) in [5, 5.41) is 0. The molecule has 1 aliphatic rings. The van der Waals surface area contributed by atoms with Crippen LogP contribution in [0.5, 0.6) is 0 Å². The maximum atomic E-state index is 11.2. The summed E-state index contributed by atoms with van der Waals surface area (Å²) in [5.41, 5.74) is 9.28. The molecule has 0 spiro atoms. The summed E-state index contributed by atoms with van der Waals surface area (Å²) in [6.45, 7) is 1.90. The molecule has 0 radical (unpaired) electrons. The van der Waals surface area contributed by atoms with Crippen LogP contribution in [0.15, 0.2) is 18.2 Å². The van der Waals surface area contributed by atoms with E-state index in [1.165, 1.54) is 24.0 Å². The van der Waals surface area contributed by atoms with E-state index in [4.69, 9.17) is 5.73 Å². The SMILES string of the molecule is CC(C(N)=O)c1cccc2c1CCCC2. The van der Waals surface area contributed by atoms with Gasteiger partial charge in [0.1, 0.15) is 0 Å². The quantitative estimate of drug-likeness (QED) is 0.786. The van der Waals surface area contributed by atoms with Crippen LogP contribution in [-0.2, 0) is 17.6 Å². The fourth-order valence-corrected chi connectivity index (χ4v) is 2.37. The largest absolute Gasteiger partial charge is 0.369 e.